The van der Waals surface area contributed by atoms with E-state index in [9.17, 15) is 12.6 Å². The second-order valence-corrected chi connectivity index (χ2v) is 8.04. The van der Waals surface area contributed by atoms with Gasteiger partial charge >= 0.3 is 0 Å². The van der Waals surface area contributed by atoms with Crippen molar-refractivity contribution in [3.05, 3.63) is 22.2 Å². The van der Waals surface area contributed by atoms with Gasteiger partial charge < -0.3 is 5.73 Å². The quantitative estimate of drug-likeness (QED) is 0.794. The monoisotopic (exact) mass is 344 g/mol. The first kappa shape index (κ1) is 16.7. The number of rotatable bonds is 5. The van der Waals surface area contributed by atoms with Gasteiger partial charge in [0.15, 0.2) is 0 Å². The zero-order valence-electron chi connectivity index (χ0n) is 10.3. The van der Waals surface area contributed by atoms with Crippen molar-refractivity contribution in [3.8, 4) is 0 Å². The summed E-state index contributed by atoms with van der Waals surface area (Å²) in [6.45, 7) is 1.61. The number of nitrogens with one attached hydrogen (secondary N) is 1. The molecule has 2 atom stereocenters. The molecular weight excluding hydrogens is 331 g/mol. The minimum absolute atomic E-state index is 0.0326. The van der Waals surface area contributed by atoms with E-state index >= 15 is 0 Å². The Balaban J connectivity index is 3.11. The Bertz CT molecular complexity index is 582. The van der Waals surface area contributed by atoms with Crippen LogP contribution in [-0.2, 0) is 20.8 Å². The molecule has 0 aromatic heterocycles. The third kappa shape index (κ3) is 4.61. The fourth-order valence-electron chi connectivity index (χ4n) is 1.57. The summed E-state index contributed by atoms with van der Waals surface area (Å²) in [7, 11) is -5.00. The normalized spacial score (nSPS) is 15.2. The van der Waals surface area contributed by atoms with Gasteiger partial charge in [-0.1, -0.05) is 23.2 Å². The molecule has 108 valence electrons. The lowest BCUT2D eigenvalue weighted by atomic mass is 10.3. The Labute approximate surface area is 125 Å². The first-order valence-corrected chi connectivity index (χ1v) is 9.17. The SMILES string of the molecule is CC(CS(C)=O)NS(=O)(=O)c1c(N)cc(Cl)cc1Cl. The van der Waals surface area contributed by atoms with Crippen molar-refractivity contribution in [1.29, 1.82) is 0 Å². The van der Waals surface area contributed by atoms with Crippen LogP contribution in [0.4, 0.5) is 5.69 Å². The fourth-order valence-corrected chi connectivity index (χ4v) is 4.70. The van der Waals surface area contributed by atoms with Gasteiger partial charge in [0.05, 0.1) is 10.7 Å². The van der Waals surface area contributed by atoms with Gasteiger partial charge in [0.25, 0.3) is 0 Å². The lowest BCUT2D eigenvalue weighted by Crippen LogP contribution is -2.36. The predicted octanol–water partition coefficient (Wildman–Crippen LogP) is 1.62. The van der Waals surface area contributed by atoms with Gasteiger partial charge in [0.1, 0.15) is 4.90 Å². The van der Waals surface area contributed by atoms with E-state index in [1.165, 1.54) is 18.4 Å². The smallest absolute Gasteiger partial charge is 0.244 e. The fraction of sp³-hybridized carbons (Fsp3) is 0.400. The second-order valence-electron chi connectivity index (χ2n) is 4.07. The standard InChI is InChI=1S/C10H14Cl2N2O3S2/c1-6(5-18(2)15)14-19(16,17)10-8(12)3-7(11)4-9(10)13/h3-4,6,14H,5,13H2,1-2H3. The molecule has 0 bridgehead atoms. The molecule has 0 fully saturated rings. The molecule has 2 unspecified atom stereocenters. The number of anilines is 1. The Morgan fingerprint density at radius 1 is 1.42 bits per heavy atom. The van der Waals surface area contributed by atoms with Crippen LogP contribution in [0.2, 0.25) is 10.0 Å². The van der Waals surface area contributed by atoms with Crippen LogP contribution < -0.4 is 10.5 Å². The number of hydrogen-bond acceptors (Lipinski definition) is 4. The van der Waals surface area contributed by atoms with Crippen LogP contribution in [0.5, 0.6) is 0 Å². The summed E-state index contributed by atoms with van der Waals surface area (Å²) >= 11 is 11.6. The summed E-state index contributed by atoms with van der Waals surface area (Å²) in [5.74, 6) is 0.199. The highest BCUT2D eigenvalue weighted by Crippen LogP contribution is 2.31. The molecular formula is C10H14Cl2N2O3S2. The molecule has 0 saturated carbocycles. The van der Waals surface area contributed by atoms with Crippen molar-refractivity contribution in [2.45, 2.75) is 17.9 Å². The van der Waals surface area contributed by atoms with Crippen molar-refractivity contribution in [2.75, 3.05) is 17.7 Å². The van der Waals surface area contributed by atoms with Crippen molar-refractivity contribution in [2.24, 2.45) is 0 Å². The average Bonchev–Trinajstić information content (AvgIpc) is 2.10. The first-order valence-electron chi connectivity index (χ1n) is 5.20. The molecule has 0 radical (unpaired) electrons. The zero-order chi connectivity index (χ0) is 14.8. The number of hydrogen-bond donors (Lipinski definition) is 2. The van der Waals surface area contributed by atoms with Crippen molar-refractivity contribution < 1.29 is 12.6 Å². The molecule has 1 aromatic rings. The van der Waals surface area contributed by atoms with E-state index < -0.39 is 26.9 Å². The van der Waals surface area contributed by atoms with E-state index in [0.717, 1.165) is 0 Å². The summed E-state index contributed by atoms with van der Waals surface area (Å²) in [5, 5.41) is 0.200. The Kier molecular flexibility index (Phi) is 5.64. The number of nitrogens with two attached hydrogens (primary N) is 1. The molecule has 1 rings (SSSR count). The van der Waals surface area contributed by atoms with Crippen molar-refractivity contribution in [3.63, 3.8) is 0 Å². The van der Waals surface area contributed by atoms with Gasteiger partial charge in [-0.2, -0.15) is 0 Å². The number of nitrogen functional groups attached to an aromatic ring is 1. The Morgan fingerprint density at radius 2 is 2.00 bits per heavy atom. The maximum Gasteiger partial charge on any atom is 0.244 e. The van der Waals surface area contributed by atoms with Crippen LogP contribution in [0.25, 0.3) is 0 Å². The minimum atomic E-state index is -3.88. The van der Waals surface area contributed by atoms with Gasteiger partial charge in [-0.05, 0) is 19.1 Å². The summed E-state index contributed by atoms with van der Waals surface area (Å²) < 4.78 is 37.8. The average molecular weight is 345 g/mol. The highest BCUT2D eigenvalue weighted by Gasteiger charge is 2.24. The van der Waals surface area contributed by atoms with Crippen LogP contribution in [0.3, 0.4) is 0 Å². The van der Waals surface area contributed by atoms with E-state index in [1.54, 1.807) is 6.92 Å². The summed E-state index contributed by atoms with van der Waals surface area (Å²) in [5.41, 5.74) is 5.60. The van der Waals surface area contributed by atoms with Crippen molar-refractivity contribution >= 4 is 49.7 Å². The molecule has 0 saturated heterocycles. The second kappa shape index (κ2) is 6.41. The van der Waals surface area contributed by atoms with Crippen LogP contribution in [0.15, 0.2) is 17.0 Å². The Hall–Kier alpha value is -0.340. The third-order valence-corrected chi connectivity index (χ3v) is 5.45. The van der Waals surface area contributed by atoms with Gasteiger partial charge in [-0.15, -0.1) is 0 Å². The molecule has 0 aliphatic rings. The molecule has 9 heteroatoms. The van der Waals surface area contributed by atoms with Gasteiger partial charge in [-0.3, -0.25) is 4.21 Å². The van der Waals surface area contributed by atoms with Gasteiger partial charge in [0, 0.05) is 33.9 Å². The number of halogens is 2. The third-order valence-electron chi connectivity index (χ3n) is 2.15. The highest BCUT2D eigenvalue weighted by atomic mass is 35.5. The maximum absolute atomic E-state index is 12.2. The minimum Gasteiger partial charge on any atom is -0.398 e. The molecule has 0 aliphatic carbocycles. The van der Waals surface area contributed by atoms with Crippen LogP contribution in [0.1, 0.15) is 6.92 Å². The largest absolute Gasteiger partial charge is 0.398 e. The van der Waals surface area contributed by atoms with Crippen LogP contribution in [-0.4, -0.2) is 30.7 Å². The van der Waals surface area contributed by atoms with E-state index in [0.29, 0.717) is 0 Å². The lowest BCUT2D eigenvalue weighted by Gasteiger charge is -2.15. The molecule has 5 nitrogen and oxygen atoms in total. The molecule has 0 heterocycles. The molecule has 0 aliphatic heterocycles. The van der Waals surface area contributed by atoms with Crippen molar-refractivity contribution in [1.82, 2.24) is 4.72 Å². The summed E-state index contributed by atoms with van der Waals surface area (Å²) in [6.07, 6.45) is 1.49. The van der Waals surface area contributed by atoms with Gasteiger partial charge in [-0.25, -0.2) is 13.1 Å². The number of sulfonamides is 1. The van der Waals surface area contributed by atoms with E-state index in [2.05, 4.69) is 4.72 Å². The predicted molar refractivity (Wildman–Crippen MR) is 79.6 cm³/mol. The molecule has 0 spiro atoms. The van der Waals surface area contributed by atoms with E-state index in [-0.39, 0.29) is 26.4 Å². The molecule has 0 amide bonds. The molecule has 1 aromatic carbocycles. The summed E-state index contributed by atoms with van der Waals surface area (Å²) in [6, 6.07) is 2.11. The lowest BCUT2D eigenvalue weighted by molar-refractivity contribution is 0.570. The van der Waals surface area contributed by atoms with E-state index in [1.807, 2.05) is 0 Å². The maximum atomic E-state index is 12.2. The molecule has 3 N–H and O–H groups in total. The summed E-state index contributed by atoms with van der Waals surface area (Å²) in [4.78, 5) is -0.215. The first-order chi connectivity index (χ1) is 8.63. The number of benzene rings is 1. The topological polar surface area (TPSA) is 89.3 Å². The van der Waals surface area contributed by atoms with Gasteiger partial charge in [0.2, 0.25) is 10.0 Å². The Morgan fingerprint density at radius 3 is 2.47 bits per heavy atom. The van der Waals surface area contributed by atoms with Crippen LogP contribution in [0, 0.1) is 0 Å². The van der Waals surface area contributed by atoms with Crippen LogP contribution >= 0.6 is 23.2 Å². The van der Waals surface area contributed by atoms with E-state index in [4.69, 9.17) is 28.9 Å². The zero-order valence-corrected chi connectivity index (χ0v) is 13.5. The highest BCUT2D eigenvalue weighted by molar-refractivity contribution is 7.90. The molecule has 19 heavy (non-hydrogen) atoms.